The van der Waals surface area contributed by atoms with Crippen LogP contribution < -0.4 is 5.32 Å². The number of para-hydroxylation sites is 1. The number of carbonyl (C=O) groups is 2. The van der Waals surface area contributed by atoms with Gasteiger partial charge < -0.3 is 10.4 Å². The quantitative estimate of drug-likeness (QED) is 0.810. The number of carboxylic acid groups (broad SMARTS) is 1. The second kappa shape index (κ2) is 7.35. The molecule has 1 atom stereocenters. The molecule has 0 spiro atoms. The third kappa shape index (κ3) is 3.69. The molecule has 7 nitrogen and oxygen atoms in total. The molecule has 0 aliphatic rings. The van der Waals surface area contributed by atoms with Crippen molar-refractivity contribution in [2.24, 2.45) is 0 Å². The van der Waals surface area contributed by atoms with Gasteiger partial charge in [0.2, 0.25) is 0 Å². The summed E-state index contributed by atoms with van der Waals surface area (Å²) in [5.74, 6) is -1.46. The molecule has 2 aromatic rings. The highest BCUT2D eigenvalue weighted by atomic mass is 16.4. The van der Waals surface area contributed by atoms with Crippen LogP contribution in [0.4, 0.5) is 0 Å². The number of unbranched alkanes of at least 4 members (excludes halogenated alkanes) is 1. The van der Waals surface area contributed by atoms with Gasteiger partial charge in [0.05, 0.1) is 23.6 Å². The predicted octanol–water partition coefficient (Wildman–Crippen LogP) is 1.64. The van der Waals surface area contributed by atoms with Crippen molar-refractivity contribution in [3.8, 4) is 5.69 Å². The Labute approximate surface area is 128 Å². The first-order valence-electron chi connectivity index (χ1n) is 7.13. The van der Waals surface area contributed by atoms with Gasteiger partial charge in [-0.1, -0.05) is 37.1 Å². The predicted molar refractivity (Wildman–Crippen MR) is 79.8 cm³/mol. The summed E-state index contributed by atoms with van der Waals surface area (Å²) in [4.78, 5) is 23.6. The first-order valence-corrected chi connectivity index (χ1v) is 7.13. The summed E-state index contributed by atoms with van der Waals surface area (Å²) in [6.45, 7) is 1.97. The Bertz CT molecular complexity index is 640. The molecule has 1 unspecified atom stereocenters. The number of aromatic nitrogens is 3. The van der Waals surface area contributed by atoms with E-state index in [0.29, 0.717) is 17.7 Å². The van der Waals surface area contributed by atoms with Gasteiger partial charge >= 0.3 is 5.97 Å². The van der Waals surface area contributed by atoms with Crippen LogP contribution in [-0.2, 0) is 4.79 Å². The zero-order valence-corrected chi connectivity index (χ0v) is 12.3. The van der Waals surface area contributed by atoms with E-state index in [9.17, 15) is 14.7 Å². The van der Waals surface area contributed by atoms with Crippen LogP contribution in [-0.4, -0.2) is 38.0 Å². The van der Waals surface area contributed by atoms with Gasteiger partial charge in [0, 0.05) is 0 Å². The van der Waals surface area contributed by atoms with Gasteiger partial charge in [0.15, 0.2) is 0 Å². The Morgan fingerprint density at radius 1 is 1.36 bits per heavy atom. The lowest BCUT2D eigenvalue weighted by atomic mass is 10.1. The minimum atomic E-state index is -1.03. The van der Waals surface area contributed by atoms with Crippen molar-refractivity contribution in [2.45, 2.75) is 32.2 Å². The van der Waals surface area contributed by atoms with E-state index in [4.69, 9.17) is 0 Å². The molecule has 22 heavy (non-hydrogen) atoms. The number of rotatable bonds is 7. The minimum absolute atomic E-state index is 0.357. The van der Waals surface area contributed by atoms with Crippen LogP contribution in [0.2, 0.25) is 0 Å². The summed E-state index contributed by atoms with van der Waals surface area (Å²) in [5.41, 5.74) is 0.910. The van der Waals surface area contributed by atoms with Crippen LogP contribution >= 0.6 is 0 Å². The Morgan fingerprint density at radius 2 is 2.14 bits per heavy atom. The topological polar surface area (TPSA) is 97.1 Å². The zero-order valence-electron chi connectivity index (χ0n) is 12.3. The molecule has 1 heterocycles. The molecule has 0 saturated heterocycles. The van der Waals surface area contributed by atoms with E-state index in [1.54, 1.807) is 30.5 Å². The molecule has 0 fully saturated rings. The Hall–Kier alpha value is -2.70. The summed E-state index contributed by atoms with van der Waals surface area (Å²) in [6.07, 6.45) is 5.15. The first-order chi connectivity index (χ1) is 10.6. The van der Waals surface area contributed by atoms with Crippen molar-refractivity contribution >= 4 is 11.9 Å². The molecule has 1 aromatic carbocycles. The van der Waals surface area contributed by atoms with Crippen LogP contribution in [0.5, 0.6) is 0 Å². The summed E-state index contributed by atoms with van der Waals surface area (Å²) in [7, 11) is 0. The largest absolute Gasteiger partial charge is 0.480 e. The SMILES string of the molecule is CCCCC(NC(=O)c1ccccc1-n1ccnn1)C(=O)O. The van der Waals surface area contributed by atoms with Gasteiger partial charge in [0.1, 0.15) is 6.04 Å². The van der Waals surface area contributed by atoms with Crippen LogP contribution in [0.25, 0.3) is 5.69 Å². The molecule has 0 aliphatic heterocycles. The lowest BCUT2D eigenvalue weighted by molar-refractivity contribution is -0.139. The minimum Gasteiger partial charge on any atom is -0.480 e. The van der Waals surface area contributed by atoms with Crippen LogP contribution in [0.3, 0.4) is 0 Å². The van der Waals surface area contributed by atoms with E-state index in [0.717, 1.165) is 12.8 Å². The maximum atomic E-state index is 12.4. The second-order valence-corrected chi connectivity index (χ2v) is 4.87. The van der Waals surface area contributed by atoms with Gasteiger partial charge in [-0.25, -0.2) is 9.48 Å². The van der Waals surface area contributed by atoms with Crippen molar-refractivity contribution in [3.05, 3.63) is 42.2 Å². The highest BCUT2D eigenvalue weighted by Gasteiger charge is 2.21. The Balaban J connectivity index is 2.21. The van der Waals surface area contributed by atoms with Crippen molar-refractivity contribution in [1.29, 1.82) is 0 Å². The second-order valence-electron chi connectivity index (χ2n) is 4.87. The van der Waals surface area contributed by atoms with Crippen molar-refractivity contribution in [2.75, 3.05) is 0 Å². The third-order valence-electron chi connectivity index (χ3n) is 3.27. The number of amides is 1. The maximum absolute atomic E-state index is 12.4. The summed E-state index contributed by atoms with van der Waals surface area (Å²) >= 11 is 0. The molecule has 2 N–H and O–H groups in total. The van der Waals surface area contributed by atoms with Gasteiger partial charge in [-0.3, -0.25) is 4.79 Å². The molecule has 0 saturated carbocycles. The van der Waals surface area contributed by atoms with E-state index in [2.05, 4.69) is 15.6 Å². The van der Waals surface area contributed by atoms with Gasteiger partial charge in [-0.05, 0) is 18.6 Å². The molecule has 116 valence electrons. The summed E-state index contributed by atoms with van der Waals surface area (Å²) in [6, 6.07) is 5.96. The molecule has 7 heteroatoms. The molecular formula is C15H18N4O3. The number of nitrogens with zero attached hydrogens (tertiary/aromatic N) is 3. The molecule has 1 amide bonds. The third-order valence-corrected chi connectivity index (χ3v) is 3.27. The van der Waals surface area contributed by atoms with Crippen molar-refractivity contribution in [1.82, 2.24) is 20.3 Å². The average molecular weight is 302 g/mol. The lowest BCUT2D eigenvalue weighted by Crippen LogP contribution is -2.41. The normalized spacial score (nSPS) is 11.9. The molecule has 2 rings (SSSR count). The first kappa shape index (κ1) is 15.7. The maximum Gasteiger partial charge on any atom is 0.326 e. The van der Waals surface area contributed by atoms with E-state index in [-0.39, 0.29) is 0 Å². The number of hydrogen-bond acceptors (Lipinski definition) is 4. The fourth-order valence-electron chi connectivity index (χ4n) is 2.10. The summed E-state index contributed by atoms with van der Waals surface area (Å²) < 4.78 is 1.47. The molecule has 1 aromatic heterocycles. The number of nitrogens with one attached hydrogen (secondary N) is 1. The molecule has 0 aliphatic carbocycles. The Morgan fingerprint density at radius 3 is 2.77 bits per heavy atom. The number of benzene rings is 1. The number of hydrogen-bond donors (Lipinski definition) is 2. The van der Waals surface area contributed by atoms with E-state index < -0.39 is 17.9 Å². The van der Waals surface area contributed by atoms with Crippen molar-refractivity contribution in [3.63, 3.8) is 0 Å². The number of carbonyl (C=O) groups excluding carboxylic acids is 1. The smallest absolute Gasteiger partial charge is 0.326 e. The molecular weight excluding hydrogens is 284 g/mol. The van der Waals surface area contributed by atoms with Crippen LogP contribution in [0.15, 0.2) is 36.7 Å². The van der Waals surface area contributed by atoms with Crippen LogP contribution in [0.1, 0.15) is 36.5 Å². The van der Waals surface area contributed by atoms with Crippen LogP contribution in [0, 0.1) is 0 Å². The molecule has 0 radical (unpaired) electrons. The lowest BCUT2D eigenvalue weighted by Gasteiger charge is -2.15. The fraction of sp³-hybridized carbons (Fsp3) is 0.333. The number of aliphatic carboxylic acids is 1. The zero-order chi connectivity index (χ0) is 15.9. The monoisotopic (exact) mass is 302 g/mol. The standard InChI is InChI=1S/C15H18N4O3/c1-2-3-7-12(15(21)22)17-14(20)11-6-4-5-8-13(11)19-10-9-16-18-19/h4-6,8-10,12H,2-3,7H2,1H3,(H,17,20)(H,21,22). The van der Waals surface area contributed by atoms with Gasteiger partial charge in [0.25, 0.3) is 5.91 Å². The van der Waals surface area contributed by atoms with E-state index in [1.807, 2.05) is 6.92 Å². The van der Waals surface area contributed by atoms with E-state index in [1.165, 1.54) is 10.9 Å². The van der Waals surface area contributed by atoms with Gasteiger partial charge in [-0.2, -0.15) is 0 Å². The van der Waals surface area contributed by atoms with Crippen molar-refractivity contribution < 1.29 is 14.7 Å². The number of carboxylic acids is 1. The Kier molecular flexibility index (Phi) is 5.24. The van der Waals surface area contributed by atoms with Gasteiger partial charge in [-0.15, -0.1) is 5.10 Å². The highest BCUT2D eigenvalue weighted by molar-refractivity contribution is 5.99. The average Bonchev–Trinajstić information content (AvgIpc) is 3.05. The van der Waals surface area contributed by atoms with E-state index >= 15 is 0 Å². The highest BCUT2D eigenvalue weighted by Crippen LogP contribution is 2.13. The fourth-order valence-corrected chi connectivity index (χ4v) is 2.10. The molecule has 0 bridgehead atoms. The summed E-state index contributed by atoms with van der Waals surface area (Å²) in [5, 5.41) is 19.4.